The molecule has 2 aliphatic rings. The summed E-state index contributed by atoms with van der Waals surface area (Å²) in [4.78, 5) is 28.1. The molecule has 2 heterocycles. The van der Waals surface area contributed by atoms with Gasteiger partial charge in [-0.3, -0.25) is 9.59 Å². The highest BCUT2D eigenvalue weighted by molar-refractivity contribution is 5.99. The van der Waals surface area contributed by atoms with Crippen LogP contribution in [0.15, 0.2) is 18.2 Å². The predicted molar refractivity (Wildman–Crippen MR) is 82.5 cm³/mol. The Hall–Kier alpha value is -1.84. The maximum absolute atomic E-state index is 12.7. The minimum atomic E-state index is 0.129. The molecule has 1 unspecified atom stereocenters. The van der Waals surface area contributed by atoms with Crippen molar-refractivity contribution in [3.8, 4) is 0 Å². The number of aryl methyl sites for hydroxylation is 1. The third-order valence-electron chi connectivity index (χ3n) is 4.73. The summed E-state index contributed by atoms with van der Waals surface area (Å²) in [6.07, 6.45) is 4.66. The molecule has 0 spiro atoms. The van der Waals surface area contributed by atoms with Gasteiger partial charge in [0.15, 0.2) is 0 Å². The van der Waals surface area contributed by atoms with Crippen molar-refractivity contribution in [1.29, 1.82) is 0 Å². The number of hydrogen-bond donors (Lipinski definition) is 0. The van der Waals surface area contributed by atoms with Gasteiger partial charge in [-0.1, -0.05) is 0 Å². The summed E-state index contributed by atoms with van der Waals surface area (Å²) in [6, 6.07) is 6.07. The molecule has 2 amide bonds. The van der Waals surface area contributed by atoms with E-state index in [0.717, 1.165) is 42.6 Å². The van der Waals surface area contributed by atoms with Gasteiger partial charge in [-0.2, -0.15) is 0 Å². The fraction of sp³-hybridized carbons (Fsp3) is 0.529. The number of nitrogens with zero attached hydrogens (tertiary/aromatic N) is 2. The lowest BCUT2D eigenvalue weighted by Crippen LogP contribution is -2.42. The lowest BCUT2D eigenvalue weighted by molar-refractivity contribution is -0.118. The van der Waals surface area contributed by atoms with Crippen molar-refractivity contribution in [3.63, 3.8) is 0 Å². The van der Waals surface area contributed by atoms with Gasteiger partial charge < -0.3 is 9.80 Å². The molecule has 0 radical (unpaired) electrons. The second-order valence-electron chi connectivity index (χ2n) is 6.14. The minimum absolute atomic E-state index is 0.129. The minimum Gasteiger partial charge on any atom is -0.336 e. The van der Waals surface area contributed by atoms with Crippen LogP contribution in [-0.4, -0.2) is 36.3 Å². The summed E-state index contributed by atoms with van der Waals surface area (Å²) < 4.78 is 0. The molecule has 0 aliphatic carbocycles. The topological polar surface area (TPSA) is 40.6 Å². The molecule has 4 heteroatoms. The molecule has 21 heavy (non-hydrogen) atoms. The summed E-state index contributed by atoms with van der Waals surface area (Å²) in [7, 11) is 1.80. The third kappa shape index (κ3) is 2.55. The molecule has 0 N–H and O–H groups in total. The van der Waals surface area contributed by atoms with Crippen LogP contribution < -0.4 is 4.90 Å². The molecule has 2 aliphatic heterocycles. The fourth-order valence-corrected chi connectivity index (χ4v) is 3.36. The number of rotatable bonds is 1. The van der Waals surface area contributed by atoms with Crippen LogP contribution in [-0.2, 0) is 11.2 Å². The normalized spacial score (nSPS) is 22.2. The van der Waals surface area contributed by atoms with E-state index < -0.39 is 0 Å². The van der Waals surface area contributed by atoms with Crippen LogP contribution >= 0.6 is 0 Å². The maximum Gasteiger partial charge on any atom is 0.254 e. The van der Waals surface area contributed by atoms with Gasteiger partial charge in [-0.15, -0.1) is 0 Å². The van der Waals surface area contributed by atoms with E-state index in [1.54, 1.807) is 11.9 Å². The third-order valence-corrected chi connectivity index (χ3v) is 4.73. The van der Waals surface area contributed by atoms with E-state index in [-0.39, 0.29) is 11.8 Å². The van der Waals surface area contributed by atoms with Gasteiger partial charge in [-0.25, -0.2) is 0 Å². The Balaban J connectivity index is 1.87. The first-order valence-electron chi connectivity index (χ1n) is 7.78. The Morgan fingerprint density at radius 1 is 1.24 bits per heavy atom. The smallest absolute Gasteiger partial charge is 0.254 e. The highest BCUT2D eigenvalue weighted by Gasteiger charge is 2.26. The van der Waals surface area contributed by atoms with Crippen molar-refractivity contribution in [2.75, 3.05) is 18.5 Å². The number of piperidine rings is 1. The average Bonchev–Trinajstić information content (AvgIpc) is 2.50. The molecule has 0 aromatic heterocycles. The quantitative estimate of drug-likeness (QED) is 0.796. The molecule has 112 valence electrons. The molecule has 1 atom stereocenters. The molecule has 0 bridgehead atoms. The van der Waals surface area contributed by atoms with Gasteiger partial charge in [0.25, 0.3) is 5.91 Å². The van der Waals surface area contributed by atoms with Gasteiger partial charge in [0.1, 0.15) is 0 Å². The Kier molecular flexibility index (Phi) is 3.70. The standard InChI is InChI=1S/C17H22N2O2/c1-12-5-3-4-10-19(12)17(21)14-6-8-15-13(11-14)7-9-16(20)18(15)2/h6,8,11-12H,3-5,7,9-10H2,1-2H3. The number of anilines is 1. The molecule has 3 rings (SSSR count). The average molecular weight is 286 g/mol. The van der Waals surface area contributed by atoms with E-state index in [9.17, 15) is 9.59 Å². The van der Waals surface area contributed by atoms with Crippen molar-refractivity contribution in [2.24, 2.45) is 0 Å². The maximum atomic E-state index is 12.7. The first-order valence-corrected chi connectivity index (χ1v) is 7.78. The zero-order valence-corrected chi connectivity index (χ0v) is 12.8. The van der Waals surface area contributed by atoms with Crippen LogP contribution in [0.5, 0.6) is 0 Å². The molecule has 0 saturated carbocycles. The molecule has 1 aromatic rings. The highest BCUT2D eigenvalue weighted by Crippen LogP contribution is 2.28. The Morgan fingerprint density at radius 2 is 2.05 bits per heavy atom. The van der Waals surface area contributed by atoms with Crippen LogP contribution in [0.25, 0.3) is 0 Å². The SMILES string of the molecule is CC1CCCCN1C(=O)c1ccc2c(c1)CCC(=O)N2C. The number of hydrogen-bond acceptors (Lipinski definition) is 2. The number of carbonyl (C=O) groups is 2. The first kappa shape index (κ1) is 14.1. The van der Waals surface area contributed by atoms with Crippen LogP contribution in [0.1, 0.15) is 48.5 Å². The summed E-state index contributed by atoms with van der Waals surface area (Å²) in [5.74, 6) is 0.274. The van der Waals surface area contributed by atoms with E-state index in [4.69, 9.17) is 0 Å². The monoisotopic (exact) mass is 286 g/mol. The summed E-state index contributed by atoms with van der Waals surface area (Å²) >= 11 is 0. The number of carbonyl (C=O) groups excluding carboxylic acids is 2. The van der Waals surface area contributed by atoms with E-state index in [2.05, 4.69) is 6.92 Å². The molecule has 4 nitrogen and oxygen atoms in total. The van der Waals surface area contributed by atoms with Gasteiger partial charge in [-0.05, 0) is 56.4 Å². The summed E-state index contributed by atoms with van der Waals surface area (Å²) in [5, 5.41) is 0. The number of fused-ring (bicyclic) bond motifs is 1. The highest BCUT2D eigenvalue weighted by atomic mass is 16.2. The summed E-state index contributed by atoms with van der Waals surface area (Å²) in [6.45, 7) is 2.98. The second-order valence-corrected chi connectivity index (χ2v) is 6.14. The first-order chi connectivity index (χ1) is 10.1. The number of amides is 2. The van der Waals surface area contributed by atoms with Gasteiger partial charge in [0.05, 0.1) is 0 Å². The van der Waals surface area contributed by atoms with Crippen molar-refractivity contribution >= 4 is 17.5 Å². The molecular formula is C17H22N2O2. The Morgan fingerprint density at radius 3 is 2.81 bits per heavy atom. The Bertz CT molecular complexity index is 582. The van der Waals surface area contributed by atoms with Crippen molar-refractivity contribution in [2.45, 2.75) is 45.1 Å². The lowest BCUT2D eigenvalue weighted by Gasteiger charge is -2.34. The molecular weight excluding hydrogens is 264 g/mol. The van der Waals surface area contributed by atoms with Crippen LogP contribution in [0.4, 0.5) is 5.69 Å². The van der Waals surface area contributed by atoms with E-state index in [1.165, 1.54) is 6.42 Å². The molecule has 1 saturated heterocycles. The van der Waals surface area contributed by atoms with Gasteiger partial charge in [0.2, 0.25) is 5.91 Å². The molecule has 1 aromatic carbocycles. The van der Waals surface area contributed by atoms with Crippen LogP contribution in [0.3, 0.4) is 0 Å². The largest absolute Gasteiger partial charge is 0.336 e. The van der Waals surface area contributed by atoms with Crippen molar-refractivity contribution in [1.82, 2.24) is 4.90 Å². The fourth-order valence-electron chi connectivity index (χ4n) is 3.36. The Labute approximate surface area is 125 Å². The lowest BCUT2D eigenvalue weighted by atomic mass is 9.97. The predicted octanol–water partition coefficient (Wildman–Crippen LogP) is 2.61. The van der Waals surface area contributed by atoms with Gasteiger partial charge >= 0.3 is 0 Å². The van der Waals surface area contributed by atoms with Crippen molar-refractivity contribution < 1.29 is 9.59 Å². The van der Waals surface area contributed by atoms with Gasteiger partial charge in [0, 0.05) is 37.3 Å². The van der Waals surface area contributed by atoms with Crippen LogP contribution in [0, 0.1) is 0 Å². The second kappa shape index (κ2) is 5.51. The van der Waals surface area contributed by atoms with E-state index in [1.807, 2.05) is 23.1 Å². The molecule has 1 fully saturated rings. The number of likely N-dealkylation sites (tertiary alicyclic amines) is 1. The number of benzene rings is 1. The van der Waals surface area contributed by atoms with E-state index >= 15 is 0 Å². The zero-order valence-electron chi connectivity index (χ0n) is 12.8. The van der Waals surface area contributed by atoms with E-state index in [0.29, 0.717) is 12.5 Å². The van der Waals surface area contributed by atoms with Crippen LogP contribution in [0.2, 0.25) is 0 Å². The summed E-state index contributed by atoms with van der Waals surface area (Å²) in [5.41, 5.74) is 2.80. The zero-order chi connectivity index (χ0) is 15.0. The van der Waals surface area contributed by atoms with Crippen molar-refractivity contribution in [3.05, 3.63) is 29.3 Å².